The average molecular weight is 730 g/mol. The molecule has 0 radical (unpaired) electrons. The molecule has 0 fully saturated rings. The van der Waals surface area contributed by atoms with E-state index in [-0.39, 0.29) is 0 Å². The molecule has 0 atom stereocenters. The zero-order valence-corrected chi connectivity index (χ0v) is 31.3. The summed E-state index contributed by atoms with van der Waals surface area (Å²) in [5.74, 6) is 0. The van der Waals surface area contributed by atoms with E-state index in [4.69, 9.17) is 11.5 Å². The predicted octanol–water partition coefficient (Wildman–Crippen LogP) is 14.0. The minimum Gasteiger partial charge on any atom is -0.397 e. The number of hydrogen-bond donors (Lipinski definition) is 2. The molecule has 0 aliphatic heterocycles. The van der Waals surface area contributed by atoms with Gasteiger partial charge in [0.15, 0.2) is 0 Å². The van der Waals surface area contributed by atoms with Crippen molar-refractivity contribution in [3.63, 3.8) is 0 Å². The molecule has 270 valence electrons. The Bertz CT molecular complexity index is 3030. The summed E-state index contributed by atoms with van der Waals surface area (Å²) in [5, 5.41) is 2.40. The summed E-state index contributed by atoms with van der Waals surface area (Å²) in [4.78, 5) is 0. The second kappa shape index (κ2) is 14.2. The molecule has 1 heterocycles. The van der Waals surface area contributed by atoms with Crippen LogP contribution in [0.4, 0.5) is 11.4 Å². The lowest BCUT2D eigenvalue weighted by Gasteiger charge is -2.24. The molecule has 4 N–H and O–H groups in total. The Morgan fingerprint density at radius 2 is 0.737 bits per heavy atom. The largest absolute Gasteiger partial charge is 0.397 e. The first-order valence-electron chi connectivity index (χ1n) is 19.4. The van der Waals surface area contributed by atoms with Crippen molar-refractivity contribution in [2.75, 3.05) is 11.5 Å². The number of anilines is 2. The van der Waals surface area contributed by atoms with E-state index in [1.807, 2.05) is 12.1 Å². The molecule has 0 bridgehead atoms. The number of nitrogen functional groups attached to an aromatic ring is 2. The topological polar surface area (TPSA) is 57.0 Å². The van der Waals surface area contributed by atoms with Crippen molar-refractivity contribution in [3.8, 4) is 72.4 Å². The molecular weight excluding hydrogens is 691 g/mol. The lowest BCUT2D eigenvalue weighted by molar-refractivity contribution is 1.18. The van der Waals surface area contributed by atoms with Gasteiger partial charge in [-0.3, -0.25) is 0 Å². The molecule has 3 nitrogen and oxygen atoms in total. The van der Waals surface area contributed by atoms with Gasteiger partial charge in [0.05, 0.1) is 22.4 Å². The van der Waals surface area contributed by atoms with Gasteiger partial charge in [-0.05, 0) is 68.8 Å². The summed E-state index contributed by atoms with van der Waals surface area (Å²) in [6.45, 7) is 0. The van der Waals surface area contributed by atoms with E-state index in [2.05, 4.69) is 205 Å². The van der Waals surface area contributed by atoms with Gasteiger partial charge in [0.2, 0.25) is 0 Å². The fraction of sp³-hybridized carbons (Fsp3) is 0. The highest BCUT2D eigenvalue weighted by Gasteiger charge is 2.29. The zero-order valence-electron chi connectivity index (χ0n) is 31.3. The van der Waals surface area contributed by atoms with E-state index < -0.39 is 0 Å². The first kappa shape index (κ1) is 33.9. The Morgan fingerprint density at radius 1 is 0.316 bits per heavy atom. The third kappa shape index (κ3) is 5.76. The maximum absolute atomic E-state index is 6.79. The van der Waals surface area contributed by atoms with Crippen LogP contribution >= 0.6 is 0 Å². The van der Waals surface area contributed by atoms with Crippen molar-refractivity contribution in [1.29, 1.82) is 0 Å². The molecule has 0 spiro atoms. The number of hydrogen-bond acceptors (Lipinski definition) is 2. The number of fused-ring (bicyclic) bond motifs is 3. The Kier molecular flexibility index (Phi) is 8.46. The second-order valence-corrected chi connectivity index (χ2v) is 14.4. The van der Waals surface area contributed by atoms with Crippen LogP contribution in [0.25, 0.3) is 94.3 Å². The highest BCUT2D eigenvalue weighted by molar-refractivity contribution is 6.26. The monoisotopic (exact) mass is 729 g/mol. The summed E-state index contributed by atoms with van der Waals surface area (Å²) >= 11 is 0. The maximum atomic E-state index is 6.79. The van der Waals surface area contributed by atoms with Crippen molar-refractivity contribution >= 4 is 33.2 Å². The molecule has 57 heavy (non-hydrogen) atoms. The van der Waals surface area contributed by atoms with E-state index >= 15 is 0 Å². The highest BCUT2D eigenvalue weighted by atomic mass is 15.0. The molecule has 0 amide bonds. The van der Waals surface area contributed by atoms with Crippen molar-refractivity contribution in [3.05, 3.63) is 212 Å². The Morgan fingerprint density at radius 3 is 1.28 bits per heavy atom. The van der Waals surface area contributed by atoms with Gasteiger partial charge in [0.25, 0.3) is 0 Å². The second-order valence-electron chi connectivity index (χ2n) is 14.4. The summed E-state index contributed by atoms with van der Waals surface area (Å²) in [7, 11) is 0. The van der Waals surface area contributed by atoms with E-state index in [0.717, 1.165) is 50.1 Å². The van der Waals surface area contributed by atoms with Gasteiger partial charge in [-0.2, -0.15) is 0 Å². The first-order chi connectivity index (χ1) is 28.2. The first-order valence-corrected chi connectivity index (χ1v) is 19.4. The zero-order chi connectivity index (χ0) is 38.3. The van der Waals surface area contributed by atoms with Crippen molar-refractivity contribution in [2.45, 2.75) is 0 Å². The molecule has 0 saturated carbocycles. The van der Waals surface area contributed by atoms with Gasteiger partial charge < -0.3 is 16.0 Å². The summed E-state index contributed by atoms with van der Waals surface area (Å²) in [5.41, 5.74) is 31.3. The lowest BCUT2D eigenvalue weighted by Crippen LogP contribution is -2.01. The minimum absolute atomic E-state index is 0.569. The Hall–Kier alpha value is -7.62. The van der Waals surface area contributed by atoms with Crippen molar-refractivity contribution < 1.29 is 0 Å². The van der Waals surface area contributed by atoms with Crippen LogP contribution in [0.5, 0.6) is 0 Å². The number of nitrogens with zero attached hydrogens (tertiary/aromatic N) is 1. The summed E-state index contributed by atoms with van der Waals surface area (Å²) in [6, 6.07) is 75.5. The minimum atomic E-state index is 0.569. The summed E-state index contributed by atoms with van der Waals surface area (Å²) in [6.07, 6.45) is 0. The maximum Gasteiger partial charge on any atom is 0.0633 e. The predicted molar refractivity (Wildman–Crippen MR) is 242 cm³/mol. The number of nitrogens with two attached hydrogens (primary N) is 2. The third-order valence-electron chi connectivity index (χ3n) is 11.1. The molecule has 3 heteroatoms. The molecule has 10 rings (SSSR count). The Labute approximate surface area is 332 Å². The standard InChI is InChI=1S/C54H39N3/c55-45-35-34-43(36-18-6-1-7-19-36)47(53(45)56)41-30-32-42(33-31-41)57-46-29-17-16-28-44(46)52-50(39-24-12-4-13-25-39)48(37-20-8-2-9-21-37)49(38-22-10-3-11-23-38)51(54(52)57)40-26-14-5-15-27-40/h1-35H,55-56H2. The number of para-hydroxylation sites is 1. The smallest absolute Gasteiger partial charge is 0.0633 e. The van der Waals surface area contributed by atoms with E-state index in [9.17, 15) is 0 Å². The normalized spacial score (nSPS) is 11.3. The average Bonchev–Trinajstić information content (AvgIpc) is 3.62. The van der Waals surface area contributed by atoms with Crippen LogP contribution in [0.15, 0.2) is 212 Å². The van der Waals surface area contributed by atoms with Gasteiger partial charge in [0, 0.05) is 38.7 Å². The van der Waals surface area contributed by atoms with Gasteiger partial charge in [-0.15, -0.1) is 0 Å². The highest BCUT2D eigenvalue weighted by Crippen LogP contribution is 2.54. The molecule has 10 aromatic rings. The quantitative estimate of drug-likeness (QED) is 0.161. The van der Waals surface area contributed by atoms with Gasteiger partial charge in [0.1, 0.15) is 0 Å². The molecule has 0 aliphatic rings. The third-order valence-corrected chi connectivity index (χ3v) is 11.1. The SMILES string of the molecule is Nc1ccc(-c2ccccc2)c(-c2ccc(-n3c4ccccc4c4c(-c5ccccc5)c(-c5ccccc5)c(-c5ccccc5)c(-c5ccccc5)c43)cc2)c1N. The number of aromatic nitrogens is 1. The molecule has 0 saturated heterocycles. The Balaban J connectivity index is 1.36. The van der Waals surface area contributed by atoms with Gasteiger partial charge >= 0.3 is 0 Å². The van der Waals surface area contributed by atoms with Crippen LogP contribution in [0, 0.1) is 0 Å². The van der Waals surface area contributed by atoms with Crippen LogP contribution in [-0.4, -0.2) is 4.57 Å². The van der Waals surface area contributed by atoms with E-state index in [1.54, 1.807) is 0 Å². The van der Waals surface area contributed by atoms with E-state index in [0.29, 0.717) is 11.4 Å². The van der Waals surface area contributed by atoms with Gasteiger partial charge in [-0.25, -0.2) is 0 Å². The van der Waals surface area contributed by atoms with Crippen LogP contribution in [0.1, 0.15) is 0 Å². The fourth-order valence-electron chi connectivity index (χ4n) is 8.64. The number of benzene rings is 9. The lowest BCUT2D eigenvalue weighted by atomic mass is 9.80. The van der Waals surface area contributed by atoms with Crippen LogP contribution in [0.2, 0.25) is 0 Å². The van der Waals surface area contributed by atoms with Crippen molar-refractivity contribution in [1.82, 2.24) is 4.57 Å². The summed E-state index contributed by atoms with van der Waals surface area (Å²) < 4.78 is 2.46. The molecule has 0 aliphatic carbocycles. The van der Waals surface area contributed by atoms with Gasteiger partial charge in [-0.1, -0.05) is 188 Å². The van der Waals surface area contributed by atoms with Crippen LogP contribution in [0.3, 0.4) is 0 Å². The molecule has 9 aromatic carbocycles. The fourth-order valence-corrected chi connectivity index (χ4v) is 8.64. The molecule has 0 unspecified atom stereocenters. The molecule has 1 aromatic heterocycles. The van der Waals surface area contributed by atoms with E-state index in [1.165, 1.54) is 44.2 Å². The van der Waals surface area contributed by atoms with Crippen LogP contribution in [-0.2, 0) is 0 Å². The number of rotatable bonds is 7. The van der Waals surface area contributed by atoms with Crippen LogP contribution < -0.4 is 11.5 Å². The van der Waals surface area contributed by atoms with Crippen molar-refractivity contribution in [2.24, 2.45) is 0 Å². The molecular formula is C54H39N3.